The summed E-state index contributed by atoms with van der Waals surface area (Å²) in [4.78, 5) is 29.2. The van der Waals surface area contributed by atoms with Crippen molar-refractivity contribution < 1.29 is 9.59 Å². The predicted molar refractivity (Wildman–Crippen MR) is 75.0 cm³/mol. The van der Waals surface area contributed by atoms with Crippen LogP contribution in [-0.4, -0.2) is 41.2 Å². The first-order valence-corrected chi connectivity index (χ1v) is 6.62. The first-order chi connectivity index (χ1) is 9.69. The second-order valence-corrected chi connectivity index (χ2v) is 5.07. The number of amides is 1. The zero-order valence-electron chi connectivity index (χ0n) is 11.2. The van der Waals surface area contributed by atoms with Crippen LogP contribution < -0.4 is 10.2 Å². The van der Waals surface area contributed by atoms with E-state index in [1.165, 1.54) is 0 Å². The highest BCUT2D eigenvalue weighted by Gasteiger charge is 2.24. The maximum atomic E-state index is 11.8. The van der Waals surface area contributed by atoms with E-state index in [0.717, 1.165) is 19.1 Å². The van der Waals surface area contributed by atoms with Crippen molar-refractivity contribution in [1.82, 2.24) is 14.7 Å². The molecule has 3 rings (SSSR count). The molecule has 0 spiro atoms. The highest BCUT2D eigenvalue weighted by atomic mass is 16.2. The molecule has 0 radical (unpaired) electrons. The number of rotatable bonds is 5. The number of hydrogen-bond donors (Lipinski definition) is 1. The van der Waals surface area contributed by atoms with Gasteiger partial charge in [0.05, 0.1) is 6.54 Å². The number of fused-ring (bicyclic) bond motifs is 1. The van der Waals surface area contributed by atoms with E-state index in [9.17, 15) is 9.59 Å². The summed E-state index contributed by atoms with van der Waals surface area (Å²) in [5, 5.41) is 2.92. The van der Waals surface area contributed by atoms with Gasteiger partial charge in [0.2, 0.25) is 5.91 Å². The Morgan fingerprint density at radius 2 is 2.35 bits per heavy atom. The van der Waals surface area contributed by atoms with Crippen LogP contribution in [0.1, 0.15) is 23.3 Å². The molecule has 6 heteroatoms. The van der Waals surface area contributed by atoms with Crippen LogP contribution in [0.5, 0.6) is 0 Å². The van der Waals surface area contributed by atoms with Crippen LogP contribution >= 0.6 is 0 Å². The Kier molecular flexibility index (Phi) is 3.14. The van der Waals surface area contributed by atoms with E-state index in [1.54, 1.807) is 22.5 Å². The number of anilines is 1. The van der Waals surface area contributed by atoms with Gasteiger partial charge in [0, 0.05) is 19.3 Å². The lowest BCUT2D eigenvalue weighted by Gasteiger charge is -2.16. The Morgan fingerprint density at radius 1 is 1.55 bits per heavy atom. The van der Waals surface area contributed by atoms with E-state index in [1.807, 2.05) is 18.2 Å². The number of carbonyl (C=O) groups excluding carboxylic acids is 2. The predicted octanol–water partition coefficient (Wildman–Crippen LogP) is 0.862. The Balaban J connectivity index is 1.84. The molecule has 0 bridgehead atoms. The molecule has 6 nitrogen and oxygen atoms in total. The van der Waals surface area contributed by atoms with E-state index in [2.05, 4.69) is 10.3 Å². The molecule has 2 aromatic heterocycles. The van der Waals surface area contributed by atoms with E-state index >= 15 is 0 Å². The van der Waals surface area contributed by atoms with E-state index < -0.39 is 0 Å². The Bertz CT molecular complexity index is 660. The second-order valence-electron chi connectivity index (χ2n) is 5.07. The topological polar surface area (TPSA) is 66.7 Å². The molecule has 1 aliphatic carbocycles. The first kappa shape index (κ1) is 12.7. The molecule has 1 fully saturated rings. The molecular formula is C14H16N4O2. The van der Waals surface area contributed by atoms with Gasteiger partial charge in [-0.05, 0) is 25.0 Å². The number of aldehydes is 1. The molecule has 2 aromatic rings. The van der Waals surface area contributed by atoms with Crippen molar-refractivity contribution in [2.45, 2.75) is 18.9 Å². The highest BCUT2D eigenvalue weighted by Crippen LogP contribution is 2.20. The number of nitrogens with one attached hydrogen (secondary N) is 1. The van der Waals surface area contributed by atoms with Crippen molar-refractivity contribution in [3.8, 4) is 0 Å². The Labute approximate surface area is 116 Å². The van der Waals surface area contributed by atoms with Crippen LogP contribution in [0.3, 0.4) is 0 Å². The number of hydrogen-bond acceptors (Lipinski definition) is 4. The standard InChI is InChI=1S/C14H16N4O2/c1-17(8-13(20)15-10-5-6-10)14-11(9-19)18-7-3-2-4-12(18)16-14/h2-4,7,9-10H,5-6,8H2,1H3,(H,15,20). The highest BCUT2D eigenvalue weighted by molar-refractivity contribution is 5.86. The maximum absolute atomic E-state index is 11.8. The van der Waals surface area contributed by atoms with Gasteiger partial charge in [0.15, 0.2) is 12.1 Å². The second kappa shape index (κ2) is 4.96. The van der Waals surface area contributed by atoms with Crippen LogP contribution in [0, 0.1) is 0 Å². The van der Waals surface area contributed by atoms with E-state index in [0.29, 0.717) is 23.2 Å². The van der Waals surface area contributed by atoms with Crippen LogP contribution in [0.25, 0.3) is 5.65 Å². The van der Waals surface area contributed by atoms with Crippen molar-refractivity contribution in [1.29, 1.82) is 0 Å². The number of imidazole rings is 1. The average Bonchev–Trinajstić information content (AvgIpc) is 3.16. The lowest BCUT2D eigenvalue weighted by Crippen LogP contribution is -2.36. The molecule has 104 valence electrons. The minimum Gasteiger partial charge on any atom is -0.352 e. The molecule has 1 N–H and O–H groups in total. The van der Waals surface area contributed by atoms with E-state index in [-0.39, 0.29) is 12.5 Å². The van der Waals surface area contributed by atoms with Crippen molar-refractivity contribution >= 4 is 23.7 Å². The van der Waals surface area contributed by atoms with Crippen molar-refractivity contribution in [2.24, 2.45) is 0 Å². The van der Waals surface area contributed by atoms with Gasteiger partial charge in [0.1, 0.15) is 11.3 Å². The third kappa shape index (κ3) is 2.36. The number of likely N-dealkylation sites (N-methyl/N-ethyl adjacent to an activating group) is 1. The quantitative estimate of drug-likeness (QED) is 0.820. The molecule has 1 amide bonds. The molecule has 2 heterocycles. The van der Waals surface area contributed by atoms with Gasteiger partial charge in [-0.15, -0.1) is 0 Å². The molecule has 0 unspecified atom stereocenters. The molecule has 0 saturated heterocycles. The Morgan fingerprint density at radius 3 is 3.05 bits per heavy atom. The summed E-state index contributed by atoms with van der Waals surface area (Å²) in [7, 11) is 1.77. The van der Waals surface area contributed by atoms with Gasteiger partial charge < -0.3 is 10.2 Å². The minimum absolute atomic E-state index is 0.0381. The van der Waals surface area contributed by atoms with Crippen molar-refractivity contribution in [2.75, 3.05) is 18.5 Å². The summed E-state index contributed by atoms with van der Waals surface area (Å²) < 4.78 is 1.72. The maximum Gasteiger partial charge on any atom is 0.239 e. The summed E-state index contributed by atoms with van der Waals surface area (Å²) in [6, 6.07) is 5.86. The van der Waals surface area contributed by atoms with Gasteiger partial charge >= 0.3 is 0 Å². The molecule has 1 saturated carbocycles. The summed E-state index contributed by atoms with van der Waals surface area (Å²) in [5.41, 5.74) is 1.15. The number of aromatic nitrogens is 2. The molecule has 0 aliphatic heterocycles. The normalized spacial score (nSPS) is 14.2. The summed E-state index contributed by atoms with van der Waals surface area (Å²) in [6.07, 6.45) is 4.67. The lowest BCUT2D eigenvalue weighted by molar-refractivity contribution is -0.119. The SMILES string of the molecule is CN(CC(=O)NC1CC1)c1nc2ccccn2c1C=O. The van der Waals surface area contributed by atoms with Gasteiger partial charge in [-0.2, -0.15) is 0 Å². The summed E-state index contributed by atoms with van der Waals surface area (Å²) in [5.74, 6) is 0.487. The van der Waals surface area contributed by atoms with Gasteiger partial charge in [-0.1, -0.05) is 6.07 Å². The lowest BCUT2D eigenvalue weighted by atomic mass is 10.4. The first-order valence-electron chi connectivity index (χ1n) is 6.62. The molecule has 1 aliphatic rings. The zero-order valence-corrected chi connectivity index (χ0v) is 11.2. The number of carbonyl (C=O) groups is 2. The smallest absolute Gasteiger partial charge is 0.239 e. The van der Waals surface area contributed by atoms with Gasteiger partial charge in [-0.3, -0.25) is 14.0 Å². The van der Waals surface area contributed by atoms with Gasteiger partial charge in [-0.25, -0.2) is 4.98 Å². The monoisotopic (exact) mass is 272 g/mol. The fourth-order valence-electron chi connectivity index (χ4n) is 2.18. The average molecular weight is 272 g/mol. The molecule has 0 atom stereocenters. The third-order valence-corrected chi connectivity index (χ3v) is 3.34. The molecule has 20 heavy (non-hydrogen) atoms. The van der Waals surface area contributed by atoms with Crippen LogP contribution in [0.2, 0.25) is 0 Å². The largest absolute Gasteiger partial charge is 0.352 e. The molecular weight excluding hydrogens is 256 g/mol. The minimum atomic E-state index is -0.0381. The summed E-state index contributed by atoms with van der Waals surface area (Å²) >= 11 is 0. The number of nitrogens with zero attached hydrogens (tertiary/aromatic N) is 3. The van der Waals surface area contributed by atoms with Crippen molar-refractivity contribution in [3.63, 3.8) is 0 Å². The Hall–Kier alpha value is -2.37. The fourth-order valence-corrected chi connectivity index (χ4v) is 2.18. The van der Waals surface area contributed by atoms with Crippen molar-refractivity contribution in [3.05, 3.63) is 30.1 Å². The third-order valence-electron chi connectivity index (χ3n) is 3.34. The summed E-state index contributed by atoms with van der Waals surface area (Å²) in [6.45, 7) is 0.196. The van der Waals surface area contributed by atoms with E-state index in [4.69, 9.17) is 0 Å². The fraction of sp³-hybridized carbons (Fsp3) is 0.357. The van der Waals surface area contributed by atoms with Crippen LogP contribution in [0.15, 0.2) is 24.4 Å². The van der Waals surface area contributed by atoms with Gasteiger partial charge in [0.25, 0.3) is 0 Å². The number of pyridine rings is 1. The molecule has 0 aromatic carbocycles. The van der Waals surface area contributed by atoms with Crippen LogP contribution in [-0.2, 0) is 4.79 Å². The zero-order chi connectivity index (χ0) is 14.1. The van der Waals surface area contributed by atoms with Crippen LogP contribution in [0.4, 0.5) is 5.82 Å².